The fourth-order valence-electron chi connectivity index (χ4n) is 4.93. The number of halogens is 1. The van der Waals surface area contributed by atoms with Crippen LogP contribution in [0.15, 0.2) is 48.5 Å². The Morgan fingerprint density at radius 2 is 1.75 bits per heavy atom. The van der Waals surface area contributed by atoms with Crippen molar-refractivity contribution >= 4 is 35.0 Å². The van der Waals surface area contributed by atoms with Crippen LogP contribution in [-0.2, 0) is 26.5 Å². The molecule has 0 aliphatic carbocycles. The third-order valence-electron chi connectivity index (χ3n) is 6.15. The van der Waals surface area contributed by atoms with Crippen LogP contribution in [-0.4, -0.2) is 28.7 Å². The summed E-state index contributed by atoms with van der Waals surface area (Å²) in [5, 5.41) is 6.66. The smallest absolute Gasteiger partial charge is 0.250 e. The zero-order valence-corrected chi connectivity index (χ0v) is 15.9. The number of carbonyl (C=O) groups is 3. The van der Waals surface area contributed by atoms with Crippen molar-refractivity contribution in [3.05, 3.63) is 64.7 Å². The van der Waals surface area contributed by atoms with Crippen LogP contribution in [0.25, 0.3) is 0 Å². The van der Waals surface area contributed by atoms with Gasteiger partial charge >= 0.3 is 0 Å². The highest BCUT2D eigenvalue weighted by Gasteiger charge is 2.69. The highest BCUT2D eigenvalue weighted by molar-refractivity contribution is 6.31. The zero-order chi connectivity index (χ0) is 19.6. The monoisotopic (exact) mass is 395 g/mol. The minimum Gasteiger partial charge on any atom is -0.324 e. The predicted molar refractivity (Wildman–Crippen MR) is 103 cm³/mol. The molecule has 2 saturated heterocycles. The summed E-state index contributed by atoms with van der Waals surface area (Å²) in [4.78, 5) is 40.9. The van der Waals surface area contributed by atoms with Crippen molar-refractivity contribution < 1.29 is 14.4 Å². The Morgan fingerprint density at radius 3 is 2.54 bits per heavy atom. The van der Waals surface area contributed by atoms with Crippen molar-refractivity contribution in [1.82, 2.24) is 10.2 Å². The summed E-state index contributed by atoms with van der Waals surface area (Å²) in [5.41, 5.74) is 0.886. The molecule has 7 heteroatoms. The molecule has 142 valence electrons. The Kier molecular flexibility index (Phi) is 3.66. The summed E-state index contributed by atoms with van der Waals surface area (Å²) >= 11 is 6.23. The Balaban J connectivity index is 1.58. The first kappa shape index (κ1) is 17.4. The predicted octanol–water partition coefficient (Wildman–Crippen LogP) is 2.28. The fraction of sp³-hybridized carbons (Fsp3) is 0.286. The number of rotatable bonds is 2. The number of nitrogens with zero attached hydrogens (tertiary/aromatic N) is 1. The number of anilines is 1. The lowest BCUT2D eigenvalue weighted by molar-refractivity contribution is -0.143. The summed E-state index contributed by atoms with van der Waals surface area (Å²) in [6.45, 7) is 1.96. The lowest BCUT2D eigenvalue weighted by Gasteiger charge is -2.29. The summed E-state index contributed by atoms with van der Waals surface area (Å²) in [5.74, 6) is -2.25. The van der Waals surface area contributed by atoms with Crippen molar-refractivity contribution in [1.29, 1.82) is 0 Å². The quantitative estimate of drug-likeness (QED) is 0.765. The minimum atomic E-state index is -1.22. The molecule has 2 fully saturated rings. The van der Waals surface area contributed by atoms with Gasteiger partial charge in [-0.1, -0.05) is 48.0 Å². The fourth-order valence-corrected chi connectivity index (χ4v) is 5.13. The molecule has 3 aliphatic heterocycles. The first-order chi connectivity index (χ1) is 13.4. The van der Waals surface area contributed by atoms with Gasteiger partial charge < -0.3 is 5.32 Å². The lowest BCUT2D eigenvalue weighted by atomic mass is 9.76. The van der Waals surface area contributed by atoms with Crippen LogP contribution in [0, 0.1) is 11.8 Å². The maximum absolute atomic E-state index is 13.4. The Morgan fingerprint density at radius 1 is 1.04 bits per heavy atom. The van der Waals surface area contributed by atoms with Gasteiger partial charge in [-0.05, 0) is 24.6 Å². The molecule has 2 aromatic rings. The second-order valence-electron chi connectivity index (χ2n) is 7.60. The van der Waals surface area contributed by atoms with E-state index in [2.05, 4.69) is 10.6 Å². The van der Waals surface area contributed by atoms with Crippen molar-refractivity contribution in [2.75, 3.05) is 5.32 Å². The Hall–Kier alpha value is -2.70. The molecular weight excluding hydrogens is 378 g/mol. The highest BCUT2D eigenvalue weighted by atomic mass is 35.5. The molecular formula is C21H18ClN3O3. The summed E-state index contributed by atoms with van der Waals surface area (Å²) in [7, 11) is 0. The molecule has 2 aromatic carbocycles. The number of hydrogen-bond donors (Lipinski definition) is 2. The molecule has 1 spiro atoms. The maximum atomic E-state index is 13.4. The number of para-hydroxylation sites is 1. The van der Waals surface area contributed by atoms with Crippen LogP contribution in [0.1, 0.15) is 18.1 Å². The molecule has 3 aliphatic rings. The molecule has 3 amide bonds. The van der Waals surface area contributed by atoms with Gasteiger partial charge in [-0.3, -0.25) is 24.6 Å². The van der Waals surface area contributed by atoms with Crippen LogP contribution >= 0.6 is 11.6 Å². The Labute approximate surface area is 166 Å². The lowest BCUT2D eigenvalue weighted by Crippen LogP contribution is -2.52. The molecule has 0 unspecified atom stereocenters. The first-order valence-electron chi connectivity index (χ1n) is 9.22. The van der Waals surface area contributed by atoms with Gasteiger partial charge in [-0.25, -0.2) is 0 Å². The first-order valence-corrected chi connectivity index (χ1v) is 9.60. The van der Waals surface area contributed by atoms with Gasteiger partial charge in [0.25, 0.3) is 0 Å². The zero-order valence-electron chi connectivity index (χ0n) is 15.1. The van der Waals surface area contributed by atoms with Crippen molar-refractivity contribution in [2.45, 2.75) is 25.0 Å². The van der Waals surface area contributed by atoms with E-state index in [0.29, 0.717) is 16.3 Å². The van der Waals surface area contributed by atoms with E-state index >= 15 is 0 Å². The summed E-state index contributed by atoms with van der Waals surface area (Å²) < 4.78 is 0. The van der Waals surface area contributed by atoms with Gasteiger partial charge in [0, 0.05) is 22.3 Å². The van der Waals surface area contributed by atoms with Gasteiger partial charge in [-0.2, -0.15) is 0 Å². The third kappa shape index (κ3) is 2.10. The second kappa shape index (κ2) is 5.90. The van der Waals surface area contributed by atoms with Gasteiger partial charge in [0.05, 0.1) is 18.4 Å². The number of amides is 3. The molecule has 0 aromatic heterocycles. The van der Waals surface area contributed by atoms with E-state index in [0.717, 1.165) is 5.56 Å². The van der Waals surface area contributed by atoms with Crippen LogP contribution in [0.3, 0.4) is 0 Å². The number of nitrogens with one attached hydrogen (secondary N) is 2. The van der Waals surface area contributed by atoms with Crippen LogP contribution in [0.5, 0.6) is 0 Å². The number of likely N-dealkylation sites (tertiary alicyclic amines) is 1. The van der Waals surface area contributed by atoms with E-state index in [9.17, 15) is 14.4 Å². The third-order valence-corrected chi connectivity index (χ3v) is 6.52. The number of benzene rings is 2. The average Bonchev–Trinajstić information content (AvgIpc) is 3.23. The van der Waals surface area contributed by atoms with Gasteiger partial charge in [-0.15, -0.1) is 0 Å². The SMILES string of the molecule is C[C@H]1N[C@@]2(C(=O)Nc3ccccc32)[C@H]2C(=O)N(Cc3ccccc3Cl)C(=O)[C@H]12. The summed E-state index contributed by atoms with van der Waals surface area (Å²) in [6, 6.07) is 14.2. The van der Waals surface area contributed by atoms with Crippen LogP contribution in [0.4, 0.5) is 5.69 Å². The van der Waals surface area contributed by atoms with Gasteiger partial charge in [0.1, 0.15) is 5.54 Å². The maximum Gasteiger partial charge on any atom is 0.250 e. The standard InChI is InChI=1S/C21H18ClN3O3/c1-11-16-17(21(24-11)13-7-3-5-9-15(13)23-20(21)28)19(27)25(18(16)26)10-12-6-2-4-8-14(12)22/h2-9,11,16-17,24H,10H2,1H3,(H,23,28)/t11-,16-,17-,21-/m1/s1. The van der Waals surface area contributed by atoms with E-state index in [1.165, 1.54) is 4.90 Å². The van der Waals surface area contributed by atoms with Gasteiger partial charge in [0.2, 0.25) is 17.7 Å². The van der Waals surface area contributed by atoms with E-state index in [1.807, 2.05) is 37.3 Å². The second-order valence-corrected chi connectivity index (χ2v) is 8.01. The molecule has 0 saturated carbocycles. The molecule has 3 heterocycles. The van der Waals surface area contributed by atoms with E-state index in [1.54, 1.807) is 18.2 Å². The largest absolute Gasteiger partial charge is 0.324 e. The Bertz CT molecular complexity index is 1040. The molecule has 5 rings (SSSR count). The molecule has 4 atom stereocenters. The van der Waals surface area contributed by atoms with Gasteiger partial charge in [0.15, 0.2) is 0 Å². The highest BCUT2D eigenvalue weighted by Crippen LogP contribution is 2.52. The van der Waals surface area contributed by atoms with Crippen molar-refractivity contribution in [3.8, 4) is 0 Å². The molecule has 0 bridgehead atoms. The van der Waals surface area contributed by atoms with Crippen molar-refractivity contribution in [3.63, 3.8) is 0 Å². The van der Waals surface area contributed by atoms with E-state index in [-0.39, 0.29) is 30.3 Å². The topological polar surface area (TPSA) is 78.5 Å². The number of carbonyl (C=O) groups excluding carboxylic acids is 3. The molecule has 2 N–H and O–H groups in total. The molecule has 6 nitrogen and oxygen atoms in total. The average molecular weight is 396 g/mol. The van der Waals surface area contributed by atoms with Crippen molar-refractivity contribution in [2.24, 2.45) is 11.8 Å². The minimum absolute atomic E-state index is 0.108. The number of fused-ring (bicyclic) bond motifs is 4. The normalized spacial score (nSPS) is 30.7. The van der Waals surface area contributed by atoms with E-state index < -0.39 is 17.4 Å². The number of hydrogen-bond acceptors (Lipinski definition) is 4. The molecule has 0 radical (unpaired) electrons. The summed E-state index contributed by atoms with van der Waals surface area (Å²) in [6.07, 6.45) is 0. The van der Waals surface area contributed by atoms with Crippen LogP contribution < -0.4 is 10.6 Å². The van der Waals surface area contributed by atoms with Crippen LogP contribution in [0.2, 0.25) is 5.02 Å². The molecule has 28 heavy (non-hydrogen) atoms. The number of imide groups is 1. The van der Waals surface area contributed by atoms with E-state index in [4.69, 9.17) is 11.6 Å².